The Morgan fingerprint density at radius 1 is 1.09 bits per heavy atom. The standard InChI is InChI=1S/C24H28N2O5S/c1-6-13(2)12-26-22(14-10-17(29-3)20(31-5)18(11-14)30-4)25-23-19(24(26)28)15-8-7-9-16(27)21(15)32-23/h10-11,13H,6-9,12H2,1-5H3. The van der Waals surface area contributed by atoms with Crippen LogP contribution in [0.4, 0.5) is 0 Å². The van der Waals surface area contributed by atoms with Crippen molar-refractivity contribution in [2.45, 2.75) is 46.1 Å². The number of nitrogens with zero attached hydrogens (tertiary/aromatic N) is 2. The molecular formula is C24H28N2O5S. The molecule has 0 fully saturated rings. The Labute approximate surface area is 190 Å². The Bertz CT molecular complexity index is 1220. The molecule has 1 aromatic carbocycles. The number of aryl methyl sites for hydroxylation is 1. The van der Waals surface area contributed by atoms with Crippen LogP contribution in [0.25, 0.3) is 21.6 Å². The lowest BCUT2D eigenvalue weighted by atomic mass is 9.96. The normalized spacial score (nSPS) is 14.3. The largest absolute Gasteiger partial charge is 0.493 e. The predicted molar refractivity (Wildman–Crippen MR) is 126 cm³/mol. The molecule has 0 spiro atoms. The van der Waals surface area contributed by atoms with Crippen LogP contribution in [0, 0.1) is 5.92 Å². The van der Waals surface area contributed by atoms with Gasteiger partial charge in [-0.05, 0) is 36.5 Å². The number of hydrogen-bond acceptors (Lipinski definition) is 7. The zero-order chi connectivity index (χ0) is 23.0. The monoisotopic (exact) mass is 456 g/mol. The van der Waals surface area contributed by atoms with Crippen molar-refractivity contribution in [2.75, 3.05) is 21.3 Å². The molecule has 2 aromatic heterocycles. The Balaban J connectivity index is 2.03. The van der Waals surface area contributed by atoms with E-state index in [1.54, 1.807) is 38.0 Å². The molecule has 0 saturated carbocycles. The van der Waals surface area contributed by atoms with Crippen molar-refractivity contribution in [2.24, 2.45) is 5.92 Å². The molecule has 1 atom stereocenters. The number of benzene rings is 1. The number of ether oxygens (including phenoxy) is 3. The average Bonchev–Trinajstić information content (AvgIpc) is 3.19. The van der Waals surface area contributed by atoms with Crippen molar-refractivity contribution in [1.82, 2.24) is 9.55 Å². The van der Waals surface area contributed by atoms with E-state index in [1.165, 1.54) is 11.3 Å². The molecule has 1 unspecified atom stereocenters. The summed E-state index contributed by atoms with van der Waals surface area (Å²) in [5, 5.41) is 0.595. The van der Waals surface area contributed by atoms with Crippen LogP contribution in [0.2, 0.25) is 0 Å². The van der Waals surface area contributed by atoms with Crippen molar-refractivity contribution < 1.29 is 19.0 Å². The maximum atomic E-state index is 13.8. The highest BCUT2D eigenvalue weighted by molar-refractivity contribution is 7.20. The first-order valence-electron chi connectivity index (χ1n) is 10.8. The van der Waals surface area contributed by atoms with E-state index >= 15 is 0 Å². The number of methoxy groups -OCH3 is 3. The fraction of sp³-hybridized carbons (Fsp3) is 0.458. The van der Waals surface area contributed by atoms with Gasteiger partial charge in [-0.3, -0.25) is 14.2 Å². The van der Waals surface area contributed by atoms with Crippen LogP contribution < -0.4 is 19.8 Å². The van der Waals surface area contributed by atoms with Gasteiger partial charge < -0.3 is 14.2 Å². The lowest BCUT2D eigenvalue weighted by Crippen LogP contribution is -2.26. The molecule has 8 heteroatoms. The van der Waals surface area contributed by atoms with E-state index in [0.717, 1.165) is 24.8 Å². The fourth-order valence-corrected chi connectivity index (χ4v) is 5.36. The molecule has 1 aliphatic rings. The maximum Gasteiger partial charge on any atom is 0.262 e. The van der Waals surface area contributed by atoms with Crippen LogP contribution in [0.5, 0.6) is 17.2 Å². The van der Waals surface area contributed by atoms with Gasteiger partial charge in [0.05, 0.1) is 31.6 Å². The number of carbonyl (C=O) groups is 1. The van der Waals surface area contributed by atoms with Crippen LogP contribution in [0.3, 0.4) is 0 Å². The van der Waals surface area contributed by atoms with Gasteiger partial charge in [0, 0.05) is 18.5 Å². The minimum absolute atomic E-state index is 0.0914. The number of thiophene rings is 1. The number of aromatic nitrogens is 2. The third-order valence-corrected chi connectivity index (χ3v) is 7.28. The summed E-state index contributed by atoms with van der Waals surface area (Å²) in [6.07, 6.45) is 2.97. The van der Waals surface area contributed by atoms with E-state index in [1.807, 2.05) is 0 Å². The highest BCUT2D eigenvalue weighted by Gasteiger charge is 2.27. The molecule has 1 aliphatic carbocycles. The van der Waals surface area contributed by atoms with Crippen molar-refractivity contribution >= 4 is 27.3 Å². The number of rotatable bonds is 7. The molecule has 4 rings (SSSR count). The minimum Gasteiger partial charge on any atom is -0.493 e. The van der Waals surface area contributed by atoms with Gasteiger partial charge in [-0.2, -0.15) is 0 Å². The van der Waals surface area contributed by atoms with Gasteiger partial charge in [0.25, 0.3) is 5.56 Å². The van der Waals surface area contributed by atoms with Crippen LogP contribution in [0.1, 0.15) is 48.3 Å². The maximum absolute atomic E-state index is 13.8. The van der Waals surface area contributed by atoms with E-state index in [-0.39, 0.29) is 17.3 Å². The van der Waals surface area contributed by atoms with E-state index in [4.69, 9.17) is 19.2 Å². The number of carbonyl (C=O) groups excluding carboxylic acids is 1. The van der Waals surface area contributed by atoms with Crippen molar-refractivity contribution in [3.63, 3.8) is 0 Å². The molecular weight excluding hydrogens is 428 g/mol. The molecule has 3 aromatic rings. The first-order chi connectivity index (χ1) is 15.4. The summed E-state index contributed by atoms with van der Waals surface area (Å²) in [6, 6.07) is 3.61. The zero-order valence-corrected chi connectivity index (χ0v) is 19.9. The number of hydrogen-bond donors (Lipinski definition) is 0. The summed E-state index contributed by atoms with van der Waals surface area (Å²) in [4.78, 5) is 32.5. The summed E-state index contributed by atoms with van der Waals surface area (Å²) in [5.41, 5.74) is 1.47. The van der Waals surface area contributed by atoms with Gasteiger partial charge in [-0.1, -0.05) is 20.3 Å². The van der Waals surface area contributed by atoms with Crippen LogP contribution in [-0.2, 0) is 13.0 Å². The van der Waals surface area contributed by atoms with E-state index in [2.05, 4.69) is 13.8 Å². The molecule has 0 saturated heterocycles. The highest BCUT2D eigenvalue weighted by atomic mass is 32.1. The van der Waals surface area contributed by atoms with Crippen molar-refractivity contribution in [3.8, 4) is 28.6 Å². The molecule has 0 amide bonds. The lowest BCUT2D eigenvalue weighted by Gasteiger charge is -2.19. The van der Waals surface area contributed by atoms with Crippen LogP contribution >= 0.6 is 11.3 Å². The average molecular weight is 457 g/mol. The van der Waals surface area contributed by atoms with Gasteiger partial charge in [0.2, 0.25) is 5.75 Å². The topological polar surface area (TPSA) is 79.7 Å². The van der Waals surface area contributed by atoms with E-state index in [9.17, 15) is 9.59 Å². The first kappa shape index (κ1) is 22.3. The predicted octanol–water partition coefficient (Wildman–Crippen LogP) is 4.72. The Morgan fingerprint density at radius 3 is 2.38 bits per heavy atom. The second-order valence-electron chi connectivity index (χ2n) is 8.15. The van der Waals surface area contributed by atoms with Gasteiger partial charge in [-0.15, -0.1) is 11.3 Å². The molecule has 0 N–H and O–H groups in total. The Hall–Kier alpha value is -2.87. The highest BCUT2D eigenvalue weighted by Crippen LogP contribution is 2.41. The second kappa shape index (κ2) is 8.94. The Kier molecular flexibility index (Phi) is 6.24. The zero-order valence-electron chi connectivity index (χ0n) is 19.1. The number of Topliss-reactive ketones (excluding diaryl/α,β-unsaturated/α-hetero) is 1. The van der Waals surface area contributed by atoms with Gasteiger partial charge in [0.15, 0.2) is 17.3 Å². The van der Waals surface area contributed by atoms with Crippen molar-refractivity contribution in [1.29, 1.82) is 0 Å². The molecule has 2 heterocycles. The number of fused-ring (bicyclic) bond motifs is 3. The SMILES string of the molecule is CCC(C)Cn1c(-c2cc(OC)c(OC)c(OC)c2)nc2sc3c(c2c1=O)CCCC3=O. The molecule has 170 valence electrons. The van der Waals surface area contributed by atoms with E-state index < -0.39 is 0 Å². The van der Waals surface area contributed by atoms with Crippen LogP contribution in [0.15, 0.2) is 16.9 Å². The van der Waals surface area contributed by atoms with Crippen LogP contribution in [-0.4, -0.2) is 36.7 Å². The van der Waals surface area contributed by atoms with E-state index in [0.29, 0.717) is 56.7 Å². The van der Waals surface area contributed by atoms with Gasteiger partial charge in [0.1, 0.15) is 10.7 Å². The van der Waals surface area contributed by atoms with Gasteiger partial charge in [-0.25, -0.2) is 4.98 Å². The third kappa shape index (κ3) is 3.66. The summed E-state index contributed by atoms with van der Waals surface area (Å²) >= 11 is 1.33. The summed E-state index contributed by atoms with van der Waals surface area (Å²) in [6.45, 7) is 4.75. The molecule has 7 nitrogen and oxygen atoms in total. The van der Waals surface area contributed by atoms with Crippen molar-refractivity contribution in [3.05, 3.63) is 32.9 Å². The minimum atomic E-state index is -0.0914. The lowest BCUT2D eigenvalue weighted by molar-refractivity contribution is 0.0977. The van der Waals surface area contributed by atoms with Gasteiger partial charge >= 0.3 is 0 Å². The summed E-state index contributed by atoms with van der Waals surface area (Å²) < 4.78 is 18.2. The number of ketones is 1. The quantitative estimate of drug-likeness (QED) is 0.512. The fourth-order valence-electron chi connectivity index (χ4n) is 4.18. The summed E-state index contributed by atoms with van der Waals surface area (Å²) in [7, 11) is 4.67. The Morgan fingerprint density at radius 2 is 1.78 bits per heavy atom. The molecule has 0 radical (unpaired) electrons. The molecule has 32 heavy (non-hydrogen) atoms. The first-order valence-corrected chi connectivity index (χ1v) is 11.6. The molecule has 0 aliphatic heterocycles. The summed E-state index contributed by atoms with van der Waals surface area (Å²) in [5.74, 6) is 2.39. The third-order valence-electron chi connectivity index (χ3n) is 6.11. The smallest absolute Gasteiger partial charge is 0.262 e. The molecule has 0 bridgehead atoms. The second-order valence-corrected chi connectivity index (χ2v) is 9.14.